The fourth-order valence-corrected chi connectivity index (χ4v) is 3.67. The Labute approximate surface area is 101 Å². The summed E-state index contributed by atoms with van der Waals surface area (Å²) >= 11 is 1.19. The van der Waals surface area contributed by atoms with Gasteiger partial charge in [0.25, 0.3) is 0 Å². The first-order chi connectivity index (χ1) is 7.43. The molecule has 0 bridgehead atoms. The smallest absolute Gasteiger partial charge is 0.102 e. The maximum atomic E-state index is 6.94. The molecule has 0 N–H and O–H groups in total. The standard InChI is InChI=1S/C9H19NOS3/c12-7-1-8-13-14-9-4-10-2-5-11-6-3-10/h12H,1-9H2/i/hT. The van der Waals surface area contributed by atoms with Gasteiger partial charge in [0.2, 0.25) is 0 Å². The Balaban J connectivity index is 1.79. The molecular formula is C9H19NOS3. The van der Waals surface area contributed by atoms with E-state index in [0.717, 1.165) is 38.5 Å². The van der Waals surface area contributed by atoms with E-state index in [1.54, 1.807) is 0 Å². The van der Waals surface area contributed by atoms with Gasteiger partial charge >= 0.3 is 0 Å². The summed E-state index contributed by atoms with van der Waals surface area (Å²) in [5.41, 5.74) is 0. The van der Waals surface area contributed by atoms with Crippen LogP contribution >= 0.6 is 34.1 Å². The molecule has 0 unspecified atom stereocenters. The molecule has 1 heterocycles. The van der Waals surface area contributed by atoms with Gasteiger partial charge in [0, 0.05) is 31.1 Å². The van der Waals surface area contributed by atoms with E-state index in [9.17, 15) is 0 Å². The monoisotopic (exact) mass is 255 g/mol. The molecule has 0 atom stereocenters. The van der Waals surface area contributed by atoms with E-state index in [0.29, 0.717) is 0 Å². The van der Waals surface area contributed by atoms with Crippen molar-refractivity contribution in [2.75, 3.05) is 50.1 Å². The maximum absolute atomic E-state index is 6.94. The minimum atomic E-state index is 0.901. The average molecular weight is 255 g/mol. The van der Waals surface area contributed by atoms with Gasteiger partial charge in [-0.3, -0.25) is 4.90 Å². The highest BCUT2D eigenvalue weighted by molar-refractivity contribution is 8.76. The second kappa shape index (κ2) is 9.21. The Morgan fingerprint density at radius 2 is 2.07 bits per heavy atom. The fraction of sp³-hybridized carbons (Fsp3) is 1.00. The highest BCUT2D eigenvalue weighted by Crippen LogP contribution is 2.21. The van der Waals surface area contributed by atoms with Crippen molar-refractivity contribution in [2.45, 2.75) is 6.42 Å². The summed E-state index contributed by atoms with van der Waals surface area (Å²) < 4.78 is 12.2. The zero-order valence-electron chi connectivity index (χ0n) is 9.44. The summed E-state index contributed by atoms with van der Waals surface area (Å²) in [5, 5.41) is 0. The number of rotatable bonds is 8. The normalized spacial score (nSPS) is 19.6. The molecule has 1 rings (SSSR count). The van der Waals surface area contributed by atoms with E-state index < -0.39 is 0 Å². The molecule has 1 fully saturated rings. The highest BCUT2D eigenvalue weighted by atomic mass is 33.1. The van der Waals surface area contributed by atoms with E-state index in [1.165, 1.54) is 30.6 Å². The van der Waals surface area contributed by atoms with Crippen molar-refractivity contribution < 1.29 is 4.74 Å². The van der Waals surface area contributed by atoms with Crippen LogP contribution in [0.2, 0.25) is 0 Å². The lowest BCUT2D eigenvalue weighted by Gasteiger charge is -2.26. The summed E-state index contributed by atoms with van der Waals surface area (Å²) in [7, 11) is 3.90. The summed E-state index contributed by atoms with van der Waals surface area (Å²) in [5.74, 6) is 3.36. The molecule has 5 heteroatoms. The maximum Gasteiger partial charge on any atom is 0.102 e. The number of ether oxygens (including phenoxy) is 1. The first kappa shape index (κ1) is 11.5. The first-order valence-corrected chi connectivity index (χ1v) is 8.12. The Bertz CT molecular complexity index is 147. The molecule has 2 nitrogen and oxygen atoms in total. The lowest BCUT2D eigenvalue weighted by Crippen LogP contribution is -2.37. The van der Waals surface area contributed by atoms with Crippen LogP contribution in [-0.4, -0.2) is 56.1 Å². The Kier molecular flexibility index (Phi) is 7.54. The van der Waals surface area contributed by atoms with Crippen LogP contribution in [0.15, 0.2) is 0 Å². The molecule has 1 aliphatic heterocycles. The second-order valence-electron chi connectivity index (χ2n) is 3.16. The number of hydrogen-bond donors (Lipinski definition) is 1. The van der Waals surface area contributed by atoms with Crippen LogP contribution < -0.4 is 0 Å². The van der Waals surface area contributed by atoms with Gasteiger partial charge in [-0.05, 0) is 12.2 Å². The van der Waals surface area contributed by atoms with Gasteiger partial charge < -0.3 is 4.74 Å². The van der Waals surface area contributed by atoms with Gasteiger partial charge in [-0.1, -0.05) is 21.6 Å². The van der Waals surface area contributed by atoms with E-state index in [-0.39, 0.29) is 0 Å². The van der Waals surface area contributed by atoms with Crippen LogP contribution in [0.5, 0.6) is 0 Å². The third kappa shape index (κ3) is 6.45. The Morgan fingerprint density at radius 1 is 1.29 bits per heavy atom. The molecule has 0 saturated carbocycles. The molecule has 14 heavy (non-hydrogen) atoms. The van der Waals surface area contributed by atoms with Crippen molar-refractivity contribution in [2.24, 2.45) is 0 Å². The summed E-state index contributed by atoms with van der Waals surface area (Å²) in [6.45, 7) is 5.19. The quantitative estimate of drug-likeness (QED) is 0.404. The van der Waals surface area contributed by atoms with Crippen molar-refractivity contribution in [1.29, 1.82) is 1.12 Å². The van der Waals surface area contributed by atoms with Crippen LogP contribution in [0, 0.1) is 0 Å². The molecule has 1 aliphatic rings. The summed E-state index contributed by atoms with van der Waals surface area (Å²) in [6, 6.07) is 0. The van der Waals surface area contributed by atoms with Crippen LogP contribution in [0.1, 0.15) is 6.42 Å². The fourth-order valence-electron chi connectivity index (χ4n) is 1.23. The van der Waals surface area contributed by atoms with Crippen molar-refractivity contribution in [1.82, 2.24) is 4.90 Å². The molecular weight excluding hydrogens is 234 g/mol. The number of thiol groups is 1. The summed E-state index contributed by atoms with van der Waals surface area (Å²) in [4.78, 5) is 2.47. The lowest BCUT2D eigenvalue weighted by molar-refractivity contribution is 0.0410. The van der Waals surface area contributed by atoms with Crippen molar-refractivity contribution >= 4 is 34.1 Å². The molecule has 0 aromatic heterocycles. The van der Waals surface area contributed by atoms with Gasteiger partial charge in [-0.2, -0.15) is 12.5 Å². The highest BCUT2D eigenvalue weighted by Gasteiger charge is 2.08. The second-order valence-corrected chi connectivity index (χ2v) is 6.27. The average Bonchev–Trinajstić information content (AvgIpc) is 2.29. The third-order valence-corrected chi connectivity index (χ3v) is 4.81. The van der Waals surface area contributed by atoms with E-state index in [1.807, 2.05) is 21.6 Å². The van der Waals surface area contributed by atoms with Crippen LogP contribution in [0.25, 0.3) is 0 Å². The zero-order valence-corrected chi connectivity index (χ0v) is 10.9. The van der Waals surface area contributed by atoms with Crippen molar-refractivity contribution in [3.8, 4) is 0 Å². The first-order valence-electron chi connectivity index (χ1n) is 5.47. The van der Waals surface area contributed by atoms with Gasteiger partial charge in [0.05, 0.1) is 13.2 Å². The molecule has 84 valence electrons. The molecule has 0 aliphatic carbocycles. The molecule has 0 spiro atoms. The van der Waals surface area contributed by atoms with Crippen molar-refractivity contribution in [3.63, 3.8) is 0 Å². The molecule has 1 saturated heterocycles. The minimum absolute atomic E-state index is 0.901. The van der Waals surface area contributed by atoms with Gasteiger partial charge in [-0.25, -0.2) is 0 Å². The topological polar surface area (TPSA) is 12.5 Å². The lowest BCUT2D eigenvalue weighted by atomic mass is 10.4. The minimum Gasteiger partial charge on any atom is -0.379 e. The largest absolute Gasteiger partial charge is 0.379 e. The van der Waals surface area contributed by atoms with Crippen molar-refractivity contribution in [3.05, 3.63) is 0 Å². The van der Waals surface area contributed by atoms with Gasteiger partial charge in [-0.15, -0.1) is 0 Å². The van der Waals surface area contributed by atoms with Crippen LogP contribution in [0.4, 0.5) is 0 Å². The predicted molar refractivity (Wildman–Crippen MR) is 70.6 cm³/mol. The van der Waals surface area contributed by atoms with E-state index >= 15 is 0 Å². The van der Waals surface area contributed by atoms with Gasteiger partial charge in [0.1, 0.15) is 1.12 Å². The molecule has 0 amide bonds. The third-order valence-electron chi connectivity index (χ3n) is 2.05. The Hall–Kier alpha value is 0.970. The SMILES string of the molecule is [3H]SCCCSSCCN1CCOCC1. The number of nitrogens with zero attached hydrogens (tertiary/aromatic N) is 1. The molecule has 0 aromatic rings. The molecule has 0 radical (unpaired) electrons. The zero-order chi connectivity index (χ0) is 10.8. The molecule has 0 aromatic carbocycles. The predicted octanol–water partition coefficient (Wildman–Crippen LogP) is 2.02. The van der Waals surface area contributed by atoms with Crippen LogP contribution in [0.3, 0.4) is 0 Å². The van der Waals surface area contributed by atoms with E-state index in [2.05, 4.69) is 4.90 Å². The van der Waals surface area contributed by atoms with Gasteiger partial charge in [0.15, 0.2) is 0 Å². The van der Waals surface area contributed by atoms with Crippen LogP contribution in [-0.2, 0) is 4.74 Å². The Morgan fingerprint density at radius 3 is 2.86 bits per heavy atom. The summed E-state index contributed by atoms with van der Waals surface area (Å²) in [6.07, 6.45) is 1.16. The van der Waals surface area contributed by atoms with E-state index in [4.69, 9.17) is 5.86 Å². The number of morpholine rings is 1. The number of hydrogen-bond acceptors (Lipinski definition) is 5.